The summed E-state index contributed by atoms with van der Waals surface area (Å²) in [7, 11) is -0.602. The van der Waals surface area contributed by atoms with Crippen LogP contribution in [0.1, 0.15) is 58.3 Å². The van der Waals surface area contributed by atoms with Crippen LogP contribution in [0.5, 0.6) is 11.5 Å². The molecule has 0 amide bonds. The average Bonchev–Trinajstić information content (AvgIpc) is 2.84. The van der Waals surface area contributed by atoms with Crippen LogP contribution < -0.4 is 10.2 Å². The van der Waals surface area contributed by atoms with E-state index in [2.05, 4.69) is 13.8 Å². The maximum atomic E-state index is 11.4. The van der Waals surface area contributed by atoms with Crippen molar-refractivity contribution in [1.82, 2.24) is 0 Å². The van der Waals surface area contributed by atoms with Crippen molar-refractivity contribution in [2.24, 2.45) is 0 Å². The summed E-state index contributed by atoms with van der Waals surface area (Å²) < 4.78 is 18.0. The van der Waals surface area contributed by atoms with E-state index in [4.69, 9.17) is 14.0 Å². The molecule has 2 aromatic rings. The van der Waals surface area contributed by atoms with Gasteiger partial charge in [-0.3, -0.25) is 4.79 Å². The maximum absolute atomic E-state index is 11.4. The highest BCUT2D eigenvalue weighted by atomic mass is 16.7. The molecule has 0 spiro atoms. The fourth-order valence-electron chi connectivity index (χ4n) is 2.52. The van der Waals surface area contributed by atoms with Gasteiger partial charge < -0.3 is 14.0 Å². The number of hydrogen-bond donors (Lipinski definition) is 0. The van der Waals surface area contributed by atoms with Gasteiger partial charge in [0.1, 0.15) is 17.8 Å². The number of ether oxygens (including phenoxy) is 1. The molecule has 1 aliphatic rings. The van der Waals surface area contributed by atoms with Crippen molar-refractivity contribution in [3.05, 3.63) is 54.1 Å². The monoisotopic (exact) mass is 368 g/mol. The number of carbonyl (C=O) groups excluding carboxylic acids is 1. The van der Waals surface area contributed by atoms with Gasteiger partial charge in [-0.2, -0.15) is 0 Å². The van der Waals surface area contributed by atoms with E-state index >= 15 is 0 Å². The molecule has 2 aromatic carbocycles. The molecule has 0 radical (unpaired) electrons. The molecule has 1 fully saturated rings. The molecule has 1 heterocycles. The van der Waals surface area contributed by atoms with Crippen LogP contribution in [0.3, 0.4) is 0 Å². The molecule has 0 unspecified atom stereocenters. The van der Waals surface area contributed by atoms with E-state index in [0.29, 0.717) is 16.8 Å². The molecule has 5 heteroatoms. The number of hydrogen-bond acceptors (Lipinski definition) is 4. The van der Waals surface area contributed by atoms with Gasteiger partial charge in [0, 0.05) is 5.56 Å². The van der Waals surface area contributed by atoms with Gasteiger partial charge in [0.25, 0.3) is 0 Å². The van der Waals surface area contributed by atoms with Gasteiger partial charge in [-0.15, -0.1) is 0 Å². The van der Waals surface area contributed by atoms with Crippen molar-refractivity contribution in [1.29, 1.82) is 0 Å². The Hall–Kier alpha value is -2.11. The standard InChI is InChI=1S/C19H21BO4.C3H8/c1-18(2)19(3,4)24-20(23-18)17-12-16(11-10-14(17)13-21)22-15-8-6-5-7-9-15;1-3-2/h5-13H,1-4H3;3H2,1-2H3. The summed E-state index contributed by atoms with van der Waals surface area (Å²) in [4.78, 5) is 11.4. The van der Waals surface area contributed by atoms with Crippen molar-refractivity contribution in [3.63, 3.8) is 0 Å². The zero-order valence-corrected chi connectivity index (χ0v) is 17.1. The molecule has 0 aromatic heterocycles. The largest absolute Gasteiger partial charge is 0.495 e. The molecule has 0 aliphatic carbocycles. The number of benzene rings is 2. The first-order valence-electron chi connectivity index (χ1n) is 9.41. The van der Waals surface area contributed by atoms with Gasteiger partial charge >= 0.3 is 7.12 Å². The first-order chi connectivity index (χ1) is 12.7. The Morgan fingerprint density at radius 2 is 1.48 bits per heavy atom. The van der Waals surface area contributed by atoms with Crippen molar-refractivity contribution in [2.45, 2.75) is 59.2 Å². The molecular formula is C22H29BO4. The van der Waals surface area contributed by atoms with E-state index in [1.807, 2.05) is 58.0 Å². The van der Waals surface area contributed by atoms with Crippen molar-refractivity contribution >= 4 is 18.9 Å². The Labute approximate surface area is 163 Å². The van der Waals surface area contributed by atoms with Gasteiger partial charge in [0.2, 0.25) is 0 Å². The molecular weight excluding hydrogens is 339 g/mol. The fraction of sp³-hybridized carbons (Fsp3) is 0.409. The van der Waals surface area contributed by atoms with E-state index in [1.165, 1.54) is 6.42 Å². The number of carbonyl (C=O) groups is 1. The summed E-state index contributed by atoms with van der Waals surface area (Å²) in [5.74, 6) is 1.37. The van der Waals surface area contributed by atoms with Gasteiger partial charge in [0.05, 0.1) is 11.2 Å². The molecule has 0 N–H and O–H groups in total. The minimum atomic E-state index is -0.602. The number of aldehydes is 1. The summed E-state index contributed by atoms with van der Waals surface area (Å²) in [6.45, 7) is 12.2. The smallest absolute Gasteiger partial charge is 0.457 e. The van der Waals surface area contributed by atoms with Crippen LogP contribution in [0.4, 0.5) is 0 Å². The molecule has 27 heavy (non-hydrogen) atoms. The Morgan fingerprint density at radius 3 is 2.00 bits per heavy atom. The van der Waals surface area contributed by atoms with Crippen molar-refractivity contribution < 1.29 is 18.8 Å². The highest BCUT2D eigenvalue weighted by Crippen LogP contribution is 2.37. The van der Waals surface area contributed by atoms with Crippen LogP contribution in [-0.4, -0.2) is 24.6 Å². The minimum absolute atomic E-state index is 0.464. The second-order valence-electron chi connectivity index (χ2n) is 7.62. The molecule has 3 rings (SSSR count). The first-order valence-corrected chi connectivity index (χ1v) is 9.41. The molecule has 1 saturated heterocycles. The molecule has 0 bridgehead atoms. The average molecular weight is 368 g/mol. The second-order valence-corrected chi connectivity index (χ2v) is 7.62. The van der Waals surface area contributed by atoms with Crippen molar-refractivity contribution in [2.75, 3.05) is 0 Å². The molecule has 0 atom stereocenters. The van der Waals surface area contributed by atoms with E-state index in [9.17, 15) is 4.79 Å². The fourth-order valence-corrected chi connectivity index (χ4v) is 2.52. The van der Waals surface area contributed by atoms with Crippen LogP contribution >= 0.6 is 0 Å². The zero-order valence-electron chi connectivity index (χ0n) is 17.1. The Bertz CT molecular complexity index is 740. The predicted molar refractivity (Wildman–Crippen MR) is 110 cm³/mol. The van der Waals surface area contributed by atoms with E-state index in [-0.39, 0.29) is 0 Å². The number of rotatable bonds is 4. The maximum Gasteiger partial charge on any atom is 0.495 e. The van der Waals surface area contributed by atoms with E-state index < -0.39 is 18.3 Å². The predicted octanol–water partition coefficient (Wildman–Crippen LogP) is 5.01. The SMILES string of the molecule is CC1(C)OB(c2cc(Oc3ccccc3)ccc2C=O)OC1(C)C.CCC. The Kier molecular flexibility index (Phi) is 6.85. The third kappa shape index (κ3) is 4.99. The van der Waals surface area contributed by atoms with Gasteiger partial charge in [-0.25, -0.2) is 0 Å². The van der Waals surface area contributed by atoms with Crippen LogP contribution in [0.15, 0.2) is 48.5 Å². The van der Waals surface area contributed by atoms with Crippen LogP contribution in [-0.2, 0) is 9.31 Å². The lowest BCUT2D eigenvalue weighted by Crippen LogP contribution is -2.41. The highest BCUT2D eigenvalue weighted by molar-refractivity contribution is 6.63. The summed E-state index contributed by atoms with van der Waals surface area (Å²) in [6.07, 6.45) is 2.06. The Morgan fingerprint density at radius 1 is 0.926 bits per heavy atom. The van der Waals surface area contributed by atoms with Gasteiger partial charge in [0.15, 0.2) is 0 Å². The molecule has 1 aliphatic heterocycles. The molecule has 144 valence electrons. The normalized spacial score (nSPS) is 17.0. The van der Waals surface area contributed by atoms with E-state index in [1.54, 1.807) is 18.2 Å². The quantitative estimate of drug-likeness (QED) is 0.562. The van der Waals surface area contributed by atoms with Crippen LogP contribution in [0.25, 0.3) is 0 Å². The topological polar surface area (TPSA) is 44.8 Å². The summed E-state index contributed by atoms with van der Waals surface area (Å²) in [5, 5.41) is 0. The Balaban J connectivity index is 0.000000817. The zero-order chi connectivity index (χ0) is 20.1. The summed E-state index contributed by atoms with van der Waals surface area (Å²) >= 11 is 0. The minimum Gasteiger partial charge on any atom is -0.457 e. The van der Waals surface area contributed by atoms with Crippen molar-refractivity contribution in [3.8, 4) is 11.5 Å². The lowest BCUT2D eigenvalue weighted by Gasteiger charge is -2.32. The second kappa shape index (κ2) is 8.72. The van der Waals surface area contributed by atoms with E-state index in [0.717, 1.165) is 12.0 Å². The molecule has 0 saturated carbocycles. The van der Waals surface area contributed by atoms with Crippen LogP contribution in [0.2, 0.25) is 0 Å². The first kappa shape index (κ1) is 21.2. The number of para-hydroxylation sites is 1. The summed E-state index contributed by atoms with van der Waals surface area (Å²) in [6, 6.07) is 14.8. The molecule has 4 nitrogen and oxygen atoms in total. The van der Waals surface area contributed by atoms with Gasteiger partial charge in [-0.05, 0) is 63.5 Å². The highest BCUT2D eigenvalue weighted by Gasteiger charge is 2.52. The lowest BCUT2D eigenvalue weighted by atomic mass is 9.76. The van der Waals surface area contributed by atoms with Crippen LogP contribution in [0, 0.1) is 0 Å². The van der Waals surface area contributed by atoms with Gasteiger partial charge in [-0.1, -0.05) is 38.5 Å². The third-order valence-corrected chi connectivity index (χ3v) is 4.67. The lowest BCUT2D eigenvalue weighted by molar-refractivity contribution is 0.00578. The summed E-state index contributed by atoms with van der Waals surface area (Å²) in [5.41, 5.74) is 0.286. The third-order valence-electron chi connectivity index (χ3n) is 4.67.